The number of nitrogens with zero attached hydrogens (tertiary/aromatic N) is 4. The minimum absolute atomic E-state index is 0.0834. The Balaban J connectivity index is 1.30. The van der Waals surface area contributed by atoms with Crippen LogP contribution in [0.2, 0.25) is 0 Å². The molecule has 1 aliphatic rings. The molecule has 2 amide bonds. The van der Waals surface area contributed by atoms with Gasteiger partial charge in [0.05, 0.1) is 17.3 Å². The number of benzene rings is 1. The van der Waals surface area contributed by atoms with Crippen LogP contribution in [0.5, 0.6) is 5.75 Å². The average molecular weight is 429 g/mol. The lowest BCUT2D eigenvalue weighted by atomic mass is 9.90. The normalized spacial score (nSPS) is 16.1. The largest absolute Gasteiger partial charge is 0.504 e. The second-order valence-electron chi connectivity index (χ2n) is 7.82. The Labute approximate surface area is 184 Å². The van der Waals surface area contributed by atoms with E-state index in [1.54, 1.807) is 6.33 Å². The van der Waals surface area contributed by atoms with Crippen molar-refractivity contribution in [3.63, 3.8) is 0 Å². The molecule has 1 aromatic carbocycles. The fraction of sp³-hybridized carbons (Fsp3) is 0.217. The summed E-state index contributed by atoms with van der Waals surface area (Å²) >= 11 is 0. The second-order valence-corrected chi connectivity index (χ2v) is 7.82. The van der Waals surface area contributed by atoms with Gasteiger partial charge < -0.3 is 25.6 Å². The number of hydrogen-bond donors (Lipinski definition) is 4. The number of aromatic hydroxyl groups is 1. The number of aromatic amines is 1. The molecule has 0 bridgehead atoms. The molecule has 1 saturated heterocycles. The molecule has 0 aliphatic carbocycles. The summed E-state index contributed by atoms with van der Waals surface area (Å²) in [7, 11) is 0. The van der Waals surface area contributed by atoms with Crippen LogP contribution in [0.1, 0.15) is 24.3 Å². The Morgan fingerprint density at radius 1 is 1.19 bits per heavy atom. The van der Waals surface area contributed by atoms with Gasteiger partial charge in [-0.3, -0.25) is 4.98 Å². The van der Waals surface area contributed by atoms with Gasteiger partial charge in [-0.2, -0.15) is 0 Å². The minimum Gasteiger partial charge on any atom is -0.504 e. The van der Waals surface area contributed by atoms with E-state index < -0.39 is 6.03 Å². The maximum Gasteiger partial charge on any atom is 0.323 e. The number of aromatic nitrogens is 4. The summed E-state index contributed by atoms with van der Waals surface area (Å²) in [6.07, 6.45) is 8.39. The lowest BCUT2D eigenvalue weighted by Crippen LogP contribution is -2.35. The first-order valence-corrected chi connectivity index (χ1v) is 10.5. The summed E-state index contributed by atoms with van der Waals surface area (Å²) in [5.74, 6) is 1.19. The van der Waals surface area contributed by atoms with Gasteiger partial charge in [0.25, 0.3) is 0 Å². The Kier molecular flexibility index (Phi) is 5.29. The highest BCUT2D eigenvalue weighted by atomic mass is 16.3. The molecule has 1 fully saturated rings. The van der Waals surface area contributed by atoms with Crippen LogP contribution in [0.15, 0.2) is 61.3 Å². The molecule has 0 spiro atoms. The molecule has 162 valence electrons. The van der Waals surface area contributed by atoms with Crippen LogP contribution in [0.3, 0.4) is 0 Å². The van der Waals surface area contributed by atoms with E-state index in [0.717, 1.165) is 42.8 Å². The molecule has 0 radical (unpaired) electrons. The van der Waals surface area contributed by atoms with Gasteiger partial charge in [0, 0.05) is 37.1 Å². The molecule has 1 unspecified atom stereocenters. The number of rotatable bonds is 4. The van der Waals surface area contributed by atoms with Gasteiger partial charge in [0.2, 0.25) is 0 Å². The first kappa shape index (κ1) is 19.8. The topological polar surface area (TPSA) is 119 Å². The molecule has 9 nitrogen and oxygen atoms in total. The number of pyridine rings is 1. The number of H-pyrrole nitrogens is 1. The summed E-state index contributed by atoms with van der Waals surface area (Å²) in [6, 6.07) is 11.0. The van der Waals surface area contributed by atoms with Gasteiger partial charge >= 0.3 is 6.03 Å². The van der Waals surface area contributed by atoms with E-state index in [1.807, 2.05) is 30.5 Å². The highest BCUT2D eigenvalue weighted by Crippen LogP contribution is 2.32. The molecule has 9 heteroatoms. The summed E-state index contributed by atoms with van der Waals surface area (Å²) in [5.41, 5.74) is 3.01. The van der Waals surface area contributed by atoms with Gasteiger partial charge in [-0.25, -0.2) is 14.8 Å². The van der Waals surface area contributed by atoms with Crippen molar-refractivity contribution in [1.29, 1.82) is 0 Å². The summed E-state index contributed by atoms with van der Waals surface area (Å²) in [4.78, 5) is 30.5. The third kappa shape index (κ3) is 4.04. The van der Waals surface area contributed by atoms with Crippen LogP contribution in [0, 0.1) is 0 Å². The van der Waals surface area contributed by atoms with E-state index in [2.05, 4.69) is 41.5 Å². The van der Waals surface area contributed by atoms with Crippen molar-refractivity contribution in [3.05, 3.63) is 66.9 Å². The van der Waals surface area contributed by atoms with Crippen LogP contribution in [-0.2, 0) is 0 Å². The lowest BCUT2D eigenvalue weighted by Gasteiger charge is -2.34. The SMILES string of the molecule is O=C(Nc1cccc(C2CCCN(c3ncnc4[nH]ccc34)C2)c1)Nc1ccncc1O. The molecule has 4 N–H and O–H groups in total. The van der Waals surface area contributed by atoms with E-state index in [9.17, 15) is 9.90 Å². The van der Waals surface area contributed by atoms with Gasteiger partial charge in [0.1, 0.15) is 17.8 Å². The van der Waals surface area contributed by atoms with Gasteiger partial charge in [-0.15, -0.1) is 0 Å². The van der Waals surface area contributed by atoms with E-state index >= 15 is 0 Å². The lowest BCUT2D eigenvalue weighted by molar-refractivity contribution is 0.262. The maximum atomic E-state index is 12.4. The van der Waals surface area contributed by atoms with Gasteiger partial charge in [0.15, 0.2) is 5.75 Å². The van der Waals surface area contributed by atoms with E-state index in [4.69, 9.17) is 0 Å². The van der Waals surface area contributed by atoms with Crippen LogP contribution in [-0.4, -0.2) is 44.2 Å². The zero-order valence-corrected chi connectivity index (χ0v) is 17.3. The first-order chi connectivity index (χ1) is 15.7. The molecule has 0 saturated carbocycles. The van der Waals surface area contributed by atoms with Crippen LogP contribution >= 0.6 is 0 Å². The number of amides is 2. The molecule has 5 rings (SSSR count). The molecular formula is C23H23N7O2. The Morgan fingerprint density at radius 2 is 2.12 bits per heavy atom. The predicted octanol–water partition coefficient (Wildman–Crippen LogP) is 4.09. The Morgan fingerprint density at radius 3 is 3.03 bits per heavy atom. The van der Waals surface area contributed by atoms with Gasteiger partial charge in [-0.05, 0) is 42.7 Å². The highest BCUT2D eigenvalue weighted by Gasteiger charge is 2.24. The number of piperidine rings is 1. The highest BCUT2D eigenvalue weighted by molar-refractivity contribution is 6.00. The van der Waals surface area contributed by atoms with Crippen molar-refractivity contribution < 1.29 is 9.90 Å². The molecule has 4 heterocycles. The standard InChI is InChI=1S/C23H23N7O2/c31-20-12-24-8-7-19(20)29-23(32)28-17-5-1-3-15(11-17)16-4-2-10-30(13-16)22-18-6-9-25-21(18)26-14-27-22/h1,3,5-9,11-12,14,16,31H,2,4,10,13H2,(H,25,26,27)(H2,24,28,29,32). The van der Waals surface area contributed by atoms with E-state index in [-0.39, 0.29) is 5.75 Å². The van der Waals surface area contributed by atoms with Crippen molar-refractivity contribution in [2.75, 3.05) is 28.6 Å². The number of carbonyl (C=O) groups is 1. The molecule has 4 aromatic rings. The smallest absolute Gasteiger partial charge is 0.323 e. The Hall–Kier alpha value is -4.14. The summed E-state index contributed by atoms with van der Waals surface area (Å²) in [6.45, 7) is 1.79. The van der Waals surface area contributed by atoms with Crippen LogP contribution < -0.4 is 15.5 Å². The third-order valence-electron chi connectivity index (χ3n) is 5.72. The molecule has 1 aliphatic heterocycles. The fourth-order valence-corrected chi connectivity index (χ4v) is 4.20. The van der Waals surface area contributed by atoms with Crippen molar-refractivity contribution in [2.24, 2.45) is 0 Å². The zero-order valence-electron chi connectivity index (χ0n) is 17.3. The third-order valence-corrected chi connectivity index (χ3v) is 5.72. The molecular weight excluding hydrogens is 406 g/mol. The number of carbonyl (C=O) groups excluding carboxylic acids is 1. The second kappa shape index (κ2) is 8.54. The fourth-order valence-electron chi connectivity index (χ4n) is 4.20. The van der Waals surface area contributed by atoms with Crippen LogP contribution in [0.4, 0.5) is 22.0 Å². The minimum atomic E-state index is -0.426. The number of urea groups is 1. The molecule has 32 heavy (non-hydrogen) atoms. The summed E-state index contributed by atoms with van der Waals surface area (Å²) in [5, 5.41) is 16.3. The maximum absolute atomic E-state index is 12.4. The van der Waals surface area contributed by atoms with Crippen molar-refractivity contribution >= 4 is 34.3 Å². The van der Waals surface area contributed by atoms with E-state index in [1.165, 1.54) is 24.0 Å². The molecule has 1 atom stereocenters. The average Bonchev–Trinajstić information content (AvgIpc) is 3.30. The monoisotopic (exact) mass is 429 g/mol. The number of anilines is 3. The first-order valence-electron chi connectivity index (χ1n) is 10.5. The predicted molar refractivity (Wildman–Crippen MR) is 123 cm³/mol. The zero-order chi connectivity index (χ0) is 21.9. The summed E-state index contributed by atoms with van der Waals surface area (Å²) < 4.78 is 0. The van der Waals surface area contributed by atoms with Crippen LogP contribution in [0.25, 0.3) is 11.0 Å². The van der Waals surface area contributed by atoms with Crippen molar-refractivity contribution in [3.8, 4) is 5.75 Å². The number of fused-ring (bicyclic) bond motifs is 1. The van der Waals surface area contributed by atoms with E-state index in [0.29, 0.717) is 17.3 Å². The van der Waals surface area contributed by atoms with Crippen molar-refractivity contribution in [2.45, 2.75) is 18.8 Å². The quantitative estimate of drug-likeness (QED) is 0.388. The number of hydrogen-bond acceptors (Lipinski definition) is 6. The number of nitrogens with one attached hydrogen (secondary N) is 3. The Bertz CT molecular complexity index is 1260. The van der Waals surface area contributed by atoms with Gasteiger partial charge in [-0.1, -0.05) is 12.1 Å². The van der Waals surface area contributed by atoms with Crippen molar-refractivity contribution in [1.82, 2.24) is 19.9 Å². The molecule has 3 aromatic heterocycles.